The molecular formula is C19H22N4O2. The fraction of sp³-hybridized carbons (Fsp3) is 0.263. The number of anilines is 1. The first kappa shape index (κ1) is 17.0. The van der Waals surface area contributed by atoms with Gasteiger partial charge in [0.15, 0.2) is 0 Å². The average molecular weight is 338 g/mol. The second-order valence-electron chi connectivity index (χ2n) is 6.09. The summed E-state index contributed by atoms with van der Waals surface area (Å²) in [5.74, 6) is 0.779. The lowest BCUT2D eigenvalue weighted by Gasteiger charge is -2.25. The summed E-state index contributed by atoms with van der Waals surface area (Å²) in [6.45, 7) is 1.39. The van der Waals surface area contributed by atoms with E-state index in [1.165, 1.54) is 0 Å². The zero-order valence-corrected chi connectivity index (χ0v) is 14.5. The van der Waals surface area contributed by atoms with Crippen LogP contribution in [0.2, 0.25) is 0 Å². The van der Waals surface area contributed by atoms with Gasteiger partial charge in [0.1, 0.15) is 5.76 Å². The summed E-state index contributed by atoms with van der Waals surface area (Å²) in [6, 6.07) is 13.4. The first-order valence-electron chi connectivity index (χ1n) is 8.15. The Balaban J connectivity index is 1.70. The van der Waals surface area contributed by atoms with Crippen LogP contribution in [-0.2, 0) is 24.9 Å². The first-order valence-corrected chi connectivity index (χ1v) is 8.15. The Morgan fingerprint density at radius 3 is 2.60 bits per heavy atom. The smallest absolute Gasteiger partial charge is 0.241 e. The normalized spacial score (nSPS) is 11.0. The van der Waals surface area contributed by atoms with E-state index in [0.29, 0.717) is 19.6 Å². The van der Waals surface area contributed by atoms with Gasteiger partial charge in [-0.2, -0.15) is 5.10 Å². The number of amides is 1. The Labute approximate surface area is 147 Å². The molecule has 0 radical (unpaired) electrons. The molecule has 0 N–H and O–H groups in total. The van der Waals surface area contributed by atoms with Crippen molar-refractivity contribution < 1.29 is 9.21 Å². The fourth-order valence-electron chi connectivity index (χ4n) is 2.73. The van der Waals surface area contributed by atoms with Crippen LogP contribution in [-0.4, -0.2) is 34.2 Å². The number of rotatable bonds is 7. The standard InChI is InChI=1S/C19H22N4O2/c1-21(12-16-11-20-22(2)13-16)15-19(24)23(14-18-9-6-10-25-18)17-7-4-3-5-8-17/h3-11,13H,12,14-15H2,1-2H3. The quantitative estimate of drug-likeness (QED) is 0.665. The van der Waals surface area contributed by atoms with E-state index in [-0.39, 0.29) is 5.91 Å². The van der Waals surface area contributed by atoms with E-state index < -0.39 is 0 Å². The Hall–Kier alpha value is -2.86. The molecule has 0 saturated carbocycles. The number of para-hydroxylation sites is 1. The number of hydrogen-bond acceptors (Lipinski definition) is 4. The molecule has 3 rings (SSSR count). The molecule has 130 valence electrons. The van der Waals surface area contributed by atoms with Crippen LogP contribution in [0.3, 0.4) is 0 Å². The lowest BCUT2D eigenvalue weighted by molar-refractivity contribution is -0.119. The van der Waals surface area contributed by atoms with Crippen LogP contribution < -0.4 is 4.90 Å². The second kappa shape index (κ2) is 7.81. The monoisotopic (exact) mass is 338 g/mol. The average Bonchev–Trinajstić information content (AvgIpc) is 3.25. The van der Waals surface area contributed by atoms with Gasteiger partial charge in [-0.25, -0.2) is 0 Å². The molecule has 0 unspecified atom stereocenters. The molecule has 0 aliphatic carbocycles. The van der Waals surface area contributed by atoms with E-state index in [2.05, 4.69) is 5.10 Å². The lowest BCUT2D eigenvalue weighted by Crippen LogP contribution is -2.38. The van der Waals surface area contributed by atoms with Crippen LogP contribution in [0.4, 0.5) is 5.69 Å². The van der Waals surface area contributed by atoms with E-state index in [1.807, 2.05) is 73.9 Å². The number of nitrogens with zero attached hydrogens (tertiary/aromatic N) is 4. The summed E-state index contributed by atoms with van der Waals surface area (Å²) in [4.78, 5) is 16.6. The minimum atomic E-state index is 0.0222. The number of carbonyl (C=O) groups excluding carboxylic acids is 1. The third-order valence-corrected chi connectivity index (χ3v) is 3.88. The molecule has 0 bridgehead atoms. The fourth-order valence-corrected chi connectivity index (χ4v) is 2.73. The Morgan fingerprint density at radius 1 is 1.16 bits per heavy atom. The van der Waals surface area contributed by atoms with Crippen LogP contribution in [0.25, 0.3) is 0 Å². The highest BCUT2D eigenvalue weighted by atomic mass is 16.3. The number of aromatic nitrogens is 2. The highest BCUT2D eigenvalue weighted by Crippen LogP contribution is 2.18. The molecule has 1 aromatic carbocycles. The topological polar surface area (TPSA) is 54.5 Å². The van der Waals surface area contributed by atoms with Gasteiger partial charge < -0.3 is 9.32 Å². The summed E-state index contributed by atoms with van der Waals surface area (Å²) in [5, 5.41) is 4.16. The van der Waals surface area contributed by atoms with E-state index in [4.69, 9.17) is 4.42 Å². The summed E-state index contributed by atoms with van der Waals surface area (Å²) in [5.41, 5.74) is 1.94. The Kier molecular flexibility index (Phi) is 5.30. The SMILES string of the molecule is CN(CC(=O)N(Cc1ccco1)c1ccccc1)Cc1cnn(C)c1. The number of carbonyl (C=O) groups is 1. The van der Waals surface area contributed by atoms with Crippen LogP contribution in [0.1, 0.15) is 11.3 Å². The van der Waals surface area contributed by atoms with Crippen molar-refractivity contribution in [3.05, 3.63) is 72.4 Å². The second-order valence-corrected chi connectivity index (χ2v) is 6.09. The number of aryl methyl sites for hydroxylation is 1. The van der Waals surface area contributed by atoms with Gasteiger partial charge in [-0.05, 0) is 31.3 Å². The molecule has 2 aromatic heterocycles. The van der Waals surface area contributed by atoms with Gasteiger partial charge >= 0.3 is 0 Å². The minimum Gasteiger partial charge on any atom is -0.467 e. The van der Waals surface area contributed by atoms with E-state index in [1.54, 1.807) is 15.8 Å². The molecule has 6 nitrogen and oxygen atoms in total. The lowest BCUT2D eigenvalue weighted by atomic mass is 10.2. The van der Waals surface area contributed by atoms with Gasteiger partial charge in [0, 0.05) is 31.0 Å². The third-order valence-electron chi connectivity index (χ3n) is 3.88. The number of benzene rings is 1. The van der Waals surface area contributed by atoms with Crippen LogP contribution in [0.15, 0.2) is 65.5 Å². The summed E-state index contributed by atoms with van der Waals surface area (Å²) in [6.07, 6.45) is 5.40. The summed E-state index contributed by atoms with van der Waals surface area (Å²) in [7, 11) is 3.82. The maximum absolute atomic E-state index is 12.9. The van der Waals surface area contributed by atoms with Crippen molar-refractivity contribution in [2.45, 2.75) is 13.1 Å². The Morgan fingerprint density at radius 2 is 1.96 bits per heavy atom. The van der Waals surface area contributed by atoms with Crippen molar-refractivity contribution in [3.63, 3.8) is 0 Å². The predicted molar refractivity (Wildman–Crippen MR) is 95.9 cm³/mol. The van der Waals surface area contributed by atoms with Gasteiger partial charge in [0.2, 0.25) is 5.91 Å². The van der Waals surface area contributed by atoms with Gasteiger partial charge in [0.05, 0.1) is 25.5 Å². The zero-order chi connectivity index (χ0) is 17.6. The van der Waals surface area contributed by atoms with Crippen LogP contribution in [0, 0.1) is 0 Å². The number of likely N-dealkylation sites (N-methyl/N-ethyl adjacent to an activating group) is 1. The maximum atomic E-state index is 12.9. The van der Waals surface area contributed by atoms with Gasteiger partial charge in [0.25, 0.3) is 0 Å². The largest absolute Gasteiger partial charge is 0.467 e. The van der Waals surface area contributed by atoms with Crippen LogP contribution >= 0.6 is 0 Å². The number of furan rings is 1. The van der Waals surface area contributed by atoms with Crippen molar-refractivity contribution >= 4 is 11.6 Å². The molecule has 0 fully saturated rings. The highest BCUT2D eigenvalue weighted by Gasteiger charge is 2.19. The number of hydrogen-bond donors (Lipinski definition) is 0. The molecular weight excluding hydrogens is 316 g/mol. The van der Waals surface area contributed by atoms with Crippen molar-refractivity contribution in [1.29, 1.82) is 0 Å². The molecule has 3 aromatic rings. The van der Waals surface area contributed by atoms with Gasteiger partial charge in [-0.1, -0.05) is 18.2 Å². The molecule has 0 saturated heterocycles. The maximum Gasteiger partial charge on any atom is 0.241 e. The predicted octanol–water partition coefficient (Wildman–Crippen LogP) is 2.68. The van der Waals surface area contributed by atoms with Gasteiger partial charge in [-0.15, -0.1) is 0 Å². The summed E-state index contributed by atoms with van der Waals surface area (Å²) >= 11 is 0. The van der Waals surface area contributed by atoms with Crippen molar-refractivity contribution in [2.24, 2.45) is 7.05 Å². The van der Waals surface area contributed by atoms with E-state index >= 15 is 0 Å². The molecule has 2 heterocycles. The van der Waals surface area contributed by atoms with Crippen molar-refractivity contribution in [3.8, 4) is 0 Å². The first-order chi connectivity index (χ1) is 12.1. The molecule has 1 amide bonds. The van der Waals surface area contributed by atoms with Crippen molar-refractivity contribution in [2.75, 3.05) is 18.5 Å². The Bertz CT molecular complexity index is 796. The molecule has 0 atom stereocenters. The molecule has 6 heteroatoms. The third kappa shape index (κ3) is 4.58. The minimum absolute atomic E-state index is 0.0222. The molecule has 0 spiro atoms. The zero-order valence-electron chi connectivity index (χ0n) is 14.5. The van der Waals surface area contributed by atoms with Crippen molar-refractivity contribution in [1.82, 2.24) is 14.7 Å². The molecule has 0 aliphatic rings. The van der Waals surface area contributed by atoms with Crippen LogP contribution in [0.5, 0.6) is 0 Å². The molecule has 25 heavy (non-hydrogen) atoms. The van der Waals surface area contributed by atoms with E-state index in [0.717, 1.165) is 17.0 Å². The summed E-state index contributed by atoms with van der Waals surface area (Å²) < 4.78 is 7.18. The van der Waals surface area contributed by atoms with E-state index in [9.17, 15) is 4.79 Å². The molecule has 0 aliphatic heterocycles. The van der Waals surface area contributed by atoms with Gasteiger partial charge in [-0.3, -0.25) is 14.4 Å². The highest BCUT2D eigenvalue weighted by molar-refractivity contribution is 5.94.